The van der Waals surface area contributed by atoms with Gasteiger partial charge in [-0.1, -0.05) is 34.8 Å². The predicted molar refractivity (Wildman–Crippen MR) is 74.6 cm³/mol. The second-order valence-corrected chi connectivity index (χ2v) is 5.03. The Labute approximate surface area is 116 Å². The zero-order valence-electron chi connectivity index (χ0n) is 11.2. The molecule has 0 N–H and O–H groups in total. The number of nitrogens with zero attached hydrogens (tertiary/aromatic N) is 5. The molecule has 0 amide bonds. The molecule has 0 saturated carbocycles. The fourth-order valence-corrected chi connectivity index (χ4v) is 2.74. The molecular weight excluding hydrogens is 250 g/mol. The third kappa shape index (κ3) is 1.63. The van der Waals surface area contributed by atoms with E-state index < -0.39 is 0 Å². The van der Waals surface area contributed by atoms with Crippen LogP contribution in [0.25, 0.3) is 17.4 Å². The van der Waals surface area contributed by atoms with E-state index in [9.17, 15) is 0 Å². The molecule has 2 heterocycles. The summed E-state index contributed by atoms with van der Waals surface area (Å²) in [6, 6.07) is 10.4. The Kier molecular flexibility index (Phi) is 2.39. The van der Waals surface area contributed by atoms with Gasteiger partial charge in [0, 0.05) is 5.56 Å². The van der Waals surface area contributed by atoms with Crippen LogP contribution in [0.4, 0.5) is 0 Å². The van der Waals surface area contributed by atoms with Crippen LogP contribution < -0.4 is 4.68 Å². The molecule has 20 heavy (non-hydrogen) atoms. The zero-order valence-corrected chi connectivity index (χ0v) is 11.2. The third-order valence-electron chi connectivity index (χ3n) is 3.70. The third-order valence-corrected chi connectivity index (χ3v) is 3.70. The number of aromatic nitrogens is 5. The SMILES string of the molecule is C[n+]1nnn2c3c(cnc21)CC/C3=C\c1ccccc1. The van der Waals surface area contributed by atoms with Crippen molar-refractivity contribution in [3.63, 3.8) is 0 Å². The Balaban J connectivity index is 1.93. The topological polar surface area (TPSA) is 47.0 Å². The van der Waals surface area contributed by atoms with Crippen LogP contribution in [0.15, 0.2) is 36.5 Å². The molecule has 0 spiro atoms. The van der Waals surface area contributed by atoms with Crippen LogP contribution in [0.3, 0.4) is 0 Å². The Morgan fingerprint density at radius 3 is 2.90 bits per heavy atom. The summed E-state index contributed by atoms with van der Waals surface area (Å²) in [5.41, 5.74) is 4.89. The van der Waals surface area contributed by atoms with Crippen LogP contribution in [0.1, 0.15) is 23.2 Å². The molecule has 0 unspecified atom stereocenters. The molecule has 0 atom stereocenters. The van der Waals surface area contributed by atoms with E-state index in [-0.39, 0.29) is 0 Å². The Morgan fingerprint density at radius 2 is 2.05 bits per heavy atom. The molecule has 0 radical (unpaired) electrons. The van der Waals surface area contributed by atoms with Crippen LogP contribution in [0.2, 0.25) is 0 Å². The Hall–Kier alpha value is -2.56. The van der Waals surface area contributed by atoms with Crippen molar-refractivity contribution in [2.45, 2.75) is 12.8 Å². The lowest BCUT2D eigenvalue weighted by Gasteiger charge is -1.99. The molecule has 5 nitrogen and oxygen atoms in total. The number of fused-ring (bicyclic) bond motifs is 3. The van der Waals surface area contributed by atoms with E-state index >= 15 is 0 Å². The van der Waals surface area contributed by atoms with Crippen molar-refractivity contribution in [2.24, 2.45) is 7.05 Å². The highest BCUT2D eigenvalue weighted by Crippen LogP contribution is 2.32. The highest BCUT2D eigenvalue weighted by Gasteiger charge is 2.27. The number of hydrogen-bond donors (Lipinski definition) is 0. The van der Waals surface area contributed by atoms with E-state index in [4.69, 9.17) is 0 Å². The first-order valence-electron chi connectivity index (χ1n) is 6.68. The molecular formula is C15H14N5+. The summed E-state index contributed by atoms with van der Waals surface area (Å²) < 4.78 is 3.54. The van der Waals surface area contributed by atoms with Gasteiger partial charge in [0.15, 0.2) is 0 Å². The predicted octanol–water partition coefficient (Wildman–Crippen LogP) is 1.44. The summed E-state index contributed by atoms with van der Waals surface area (Å²) in [5.74, 6) is 0.768. The molecule has 5 heteroatoms. The summed E-state index contributed by atoms with van der Waals surface area (Å²) >= 11 is 0. The number of aryl methyl sites for hydroxylation is 2. The number of tetrazole rings is 1. The maximum absolute atomic E-state index is 4.43. The van der Waals surface area contributed by atoms with Gasteiger partial charge in [0.1, 0.15) is 10.9 Å². The second kappa shape index (κ2) is 4.23. The van der Waals surface area contributed by atoms with Gasteiger partial charge in [-0.2, -0.15) is 0 Å². The van der Waals surface area contributed by atoms with Crippen LogP contribution in [0, 0.1) is 0 Å². The van der Waals surface area contributed by atoms with Gasteiger partial charge in [-0.05, 0) is 30.1 Å². The first kappa shape index (κ1) is 11.3. The first-order chi connectivity index (χ1) is 9.83. The van der Waals surface area contributed by atoms with Crippen molar-refractivity contribution in [2.75, 3.05) is 0 Å². The monoisotopic (exact) mass is 264 g/mol. The summed E-state index contributed by atoms with van der Waals surface area (Å²) in [7, 11) is 1.86. The average molecular weight is 264 g/mol. The van der Waals surface area contributed by atoms with E-state index in [1.807, 2.05) is 23.8 Å². The molecule has 4 rings (SSSR count). The molecule has 0 bridgehead atoms. The maximum Gasteiger partial charge on any atom is 0.407 e. The van der Waals surface area contributed by atoms with Crippen molar-refractivity contribution in [1.82, 2.24) is 19.9 Å². The lowest BCUT2D eigenvalue weighted by Crippen LogP contribution is -2.31. The lowest BCUT2D eigenvalue weighted by molar-refractivity contribution is -0.709. The van der Waals surface area contributed by atoms with Gasteiger partial charge in [0.2, 0.25) is 0 Å². The van der Waals surface area contributed by atoms with Gasteiger partial charge in [0.25, 0.3) is 0 Å². The number of hydrogen-bond acceptors (Lipinski definition) is 3. The molecule has 0 fully saturated rings. The van der Waals surface area contributed by atoms with Gasteiger partial charge >= 0.3 is 5.78 Å². The minimum Gasteiger partial charge on any atom is -0.132 e. The zero-order chi connectivity index (χ0) is 13.5. The van der Waals surface area contributed by atoms with Gasteiger partial charge in [0.05, 0.1) is 18.5 Å². The summed E-state index contributed by atoms with van der Waals surface area (Å²) in [6.45, 7) is 0. The van der Waals surface area contributed by atoms with Crippen LogP contribution in [-0.2, 0) is 13.5 Å². The van der Waals surface area contributed by atoms with Crippen molar-refractivity contribution in [3.05, 3.63) is 53.3 Å². The smallest absolute Gasteiger partial charge is 0.132 e. The average Bonchev–Trinajstić information content (AvgIpc) is 3.05. The molecule has 1 aliphatic carbocycles. The molecule has 1 aromatic carbocycles. The fourth-order valence-electron chi connectivity index (χ4n) is 2.74. The van der Waals surface area contributed by atoms with Gasteiger partial charge in [-0.15, -0.1) is 9.67 Å². The molecule has 0 aliphatic heterocycles. The van der Waals surface area contributed by atoms with E-state index in [0.717, 1.165) is 24.3 Å². The number of rotatable bonds is 1. The highest BCUT2D eigenvalue weighted by molar-refractivity contribution is 5.84. The Morgan fingerprint density at radius 1 is 1.20 bits per heavy atom. The van der Waals surface area contributed by atoms with Crippen molar-refractivity contribution >= 4 is 17.4 Å². The standard InChI is InChI=1S/C15H14N5/c1-19-15-16-10-13-8-7-12(14(13)20(15)18-17-19)9-11-5-3-2-4-6-11/h2-6,9-10H,7-8H2,1H3/q+1/b12-9+. The largest absolute Gasteiger partial charge is 0.407 e. The van der Waals surface area contributed by atoms with Crippen LogP contribution in [0.5, 0.6) is 0 Å². The second-order valence-electron chi connectivity index (χ2n) is 5.03. The van der Waals surface area contributed by atoms with E-state index in [2.05, 4.69) is 45.8 Å². The van der Waals surface area contributed by atoms with E-state index in [1.165, 1.54) is 16.7 Å². The molecule has 3 aromatic rings. The van der Waals surface area contributed by atoms with Gasteiger partial charge in [-0.25, -0.2) is 0 Å². The number of allylic oxidation sites excluding steroid dienone is 1. The van der Waals surface area contributed by atoms with Crippen molar-refractivity contribution in [3.8, 4) is 0 Å². The van der Waals surface area contributed by atoms with E-state index in [0.29, 0.717) is 0 Å². The fraction of sp³-hybridized carbons (Fsp3) is 0.200. The summed E-state index contributed by atoms with van der Waals surface area (Å²) in [4.78, 5) is 4.43. The minimum atomic E-state index is 0.768. The van der Waals surface area contributed by atoms with Crippen LogP contribution in [-0.4, -0.2) is 19.9 Å². The quantitative estimate of drug-likeness (QED) is 0.625. The van der Waals surface area contributed by atoms with Gasteiger partial charge in [-0.3, -0.25) is 0 Å². The van der Waals surface area contributed by atoms with Crippen molar-refractivity contribution < 1.29 is 4.68 Å². The van der Waals surface area contributed by atoms with E-state index in [1.54, 1.807) is 4.68 Å². The van der Waals surface area contributed by atoms with Crippen LogP contribution >= 0.6 is 0 Å². The van der Waals surface area contributed by atoms with Gasteiger partial charge < -0.3 is 0 Å². The normalized spacial score (nSPS) is 15.9. The minimum absolute atomic E-state index is 0.768. The molecule has 1 aliphatic rings. The highest BCUT2D eigenvalue weighted by atomic mass is 15.6. The first-order valence-corrected chi connectivity index (χ1v) is 6.68. The molecule has 2 aromatic heterocycles. The molecule has 98 valence electrons. The summed E-state index contributed by atoms with van der Waals surface area (Å²) in [6.07, 6.45) is 6.21. The Bertz CT molecular complexity index is 817. The lowest BCUT2D eigenvalue weighted by atomic mass is 10.1. The number of benzene rings is 1. The maximum atomic E-state index is 4.43. The summed E-state index contributed by atoms with van der Waals surface area (Å²) in [5, 5.41) is 8.26. The van der Waals surface area contributed by atoms with Crippen molar-refractivity contribution in [1.29, 1.82) is 0 Å². The molecule has 0 saturated heterocycles.